The van der Waals surface area contributed by atoms with Gasteiger partial charge in [0.1, 0.15) is 5.75 Å². The molecule has 1 aliphatic rings. The van der Waals surface area contributed by atoms with Gasteiger partial charge in [0, 0.05) is 44.4 Å². The van der Waals surface area contributed by atoms with Gasteiger partial charge in [0.25, 0.3) is 0 Å². The van der Waals surface area contributed by atoms with Crippen molar-refractivity contribution in [3.63, 3.8) is 0 Å². The summed E-state index contributed by atoms with van der Waals surface area (Å²) in [7, 11) is 1.60. The van der Waals surface area contributed by atoms with Crippen LogP contribution in [0.25, 0.3) is 0 Å². The molecule has 0 N–H and O–H groups in total. The highest BCUT2D eigenvalue weighted by atomic mass is 16.5. The molecule has 1 aliphatic heterocycles. The lowest BCUT2D eigenvalue weighted by molar-refractivity contribution is -0.128. The Labute approximate surface area is 180 Å². The van der Waals surface area contributed by atoms with Crippen molar-refractivity contribution in [2.45, 2.75) is 26.1 Å². The van der Waals surface area contributed by atoms with Crippen LogP contribution in [0.4, 0.5) is 0 Å². The van der Waals surface area contributed by atoms with E-state index in [0.29, 0.717) is 32.6 Å². The Balaban J connectivity index is 1.43. The Bertz CT molecular complexity index is 1170. The first-order chi connectivity index (χ1) is 15.0. The predicted molar refractivity (Wildman–Crippen MR) is 117 cm³/mol. The molecule has 0 spiro atoms. The number of aromatic nitrogens is 2. The van der Waals surface area contributed by atoms with Crippen molar-refractivity contribution in [1.29, 1.82) is 0 Å². The lowest BCUT2D eigenvalue weighted by Crippen LogP contribution is -2.41. The smallest absolute Gasteiger partial charge is 0.316 e. The Hall–Kier alpha value is -3.61. The van der Waals surface area contributed by atoms with Crippen LogP contribution in [0.2, 0.25) is 0 Å². The number of benzene rings is 2. The fourth-order valence-electron chi connectivity index (χ4n) is 3.95. The molecule has 160 valence electrons. The summed E-state index contributed by atoms with van der Waals surface area (Å²) >= 11 is 0. The maximum atomic E-state index is 12.6. The molecule has 4 rings (SSSR count). The molecule has 1 saturated heterocycles. The molecule has 2 heterocycles. The lowest BCUT2D eigenvalue weighted by atomic mass is 10.1. The molecule has 7 heteroatoms. The predicted octanol–water partition coefficient (Wildman–Crippen LogP) is 2.12. The topological polar surface area (TPSA) is 73.5 Å². The summed E-state index contributed by atoms with van der Waals surface area (Å²) in [6.45, 7) is 1.81. The van der Waals surface area contributed by atoms with E-state index in [0.717, 1.165) is 16.9 Å². The Morgan fingerprint density at radius 3 is 2.19 bits per heavy atom. The van der Waals surface area contributed by atoms with Crippen molar-refractivity contribution in [3.8, 4) is 5.75 Å². The summed E-state index contributed by atoms with van der Waals surface area (Å²) in [5.74, 6) is 0.819. The van der Waals surface area contributed by atoms with E-state index in [2.05, 4.69) is 0 Å². The minimum Gasteiger partial charge on any atom is -0.497 e. The number of carbonyl (C=O) groups is 1. The van der Waals surface area contributed by atoms with Crippen LogP contribution < -0.4 is 15.9 Å². The highest BCUT2D eigenvalue weighted by Crippen LogP contribution is 2.21. The number of hydrogen-bond acceptors (Lipinski definition) is 4. The van der Waals surface area contributed by atoms with Crippen LogP contribution in [0.5, 0.6) is 5.75 Å². The maximum Gasteiger partial charge on any atom is 0.316 e. The Kier molecular flexibility index (Phi) is 6.02. The third-order valence-corrected chi connectivity index (χ3v) is 5.61. The van der Waals surface area contributed by atoms with Crippen LogP contribution in [-0.4, -0.2) is 33.6 Å². The molecule has 1 atom stereocenters. The van der Waals surface area contributed by atoms with Gasteiger partial charge in [-0.2, -0.15) is 0 Å². The zero-order valence-electron chi connectivity index (χ0n) is 17.4. The number of carbonyl (C=O) groups excluding carboxylic acids is 1. The van der Waals surface area contributed by atoms with Gasteiger partial charge >= 0.3 is 11.1 Å². The number of hydrogen-bond donors (Lipinski definition) is 0. The normalized spacial score (nSPS) is 16.0. The number of likely N-dealkylation sites (tertiary alicyclic amines) is 1. The largest absolute Gasteiger partial charge is 0.497 e. The van der Waals surface area contributed by atoms with Crippen molar-refractivity contribution in [1.82, 2.24) is 14.0 Å². The molecule has 0 bridgehead atoms. The van der Waals surface area contributed by atoms with Gasteiger partial charge in [-0.15, -0.1) is 0 Å². The van der Waals surface area contributed by atoms with Gasteiger partial charge in [-0.3, -0.25) is 14.4 Å². The van der Waals surface area contributed by atoms with Crippen LogP contribution in [-0.2, 0) is 24.4 Å². The van der Waals surface area contributed by atoms with Crippen LogP contribution >= 0.6 is 0 Å². The zero-order chi connectivity index (χ0) is 21.8. The highest BCUT2D eigenvalue weighted by molar-refractivity contribution is 5.78. The van der Waals surface area contributed by atoms with Crippen molar-refractivity contribution in [2.75, 3.05) is 13.7 Å². The van der Waals surface area contributed by atoms with Crippen LogP contribution in [0.15, 0.2) is 76.6 Å². The first kappa shape index (κ1) is 20.7. The summed E-state index contributed by atoms with van der Waals surface area (Å²) in [5, 5.41) is 0. The summed E-state index contributed by atoms with van der Waals surface area (Å²) in [4.78, 5) is 39.4. The fraction of sp³-hybridized carbons (Fsp3) is 0.292. The number of ether oxygens (including phenoxy) is 1. The standard InChI is InChI=1S/C24H25N3O4/c1-31-21-9-7-19(8-10-21)14-25-11-12-26(24(30)23(25)29)16-20-13-22(28)27(17-20)15-18-5-3-2-4-6-18/h2-12,20H,13-17H2,1H3. The van der Waals surface area contributed by atoms with Crippen molar-refractivity contribution in [3.05, 3.63) is 98.8 Å². The number of methoxy groups -OCH3 is 1. The zero-order valence-corrected chi connectivity index (χ0v) is 17.4. The van der Waals surface area contributed by atoms with E-state index >= 15 is 0 Å². The van der Waals surface area contributed by atoms with E-state index in [9.17, 15) is 14.4 Å². The number of rotatable bonds is 7. The lowest BCUT2D eigenvalue weighted by Gasteiger charge is -2.17. The molecule has 3 aromatic rings. The van der Waals surface area contributed by atoms with E-state index in [1.165, 1.54) is 9.13 Å². The number of amides is 1. The molecule has 1 unspecified atom stereocenters. The molecule has 1 amide bonds. The molecule has 2 aromatic carbocycles. The second-order valence-electron chi connectivity index (χ2n) is 7.87. The minimum absolute atomic E-state index is 0.00532. The van der Waals surface area contributed by atoms with Gasteiger partial charge in [0.15, 0.2) is 0 Å². The SMILES string of the molecule is COc1ccc(Cn2ccn(CC3CC(=O)N(Cc4ccccc4)C3)c(=O)c2=O)cc1. The average molecular weight is 419 g/mol. The molecular weight excluding hydrogens is 394 g/mol. The summed E-state index contributed by atoms with van der Waals surface area (Å²) in [5.41, 5.74) is 0.849. The van der Waals surface area contributed by atoms with E-state index in [1.54, 1.807) is 19.5 Å². The Morgan fingerprint density at radius 2 is 1.48 bits per heavy atom. The van der Waals surface area contributed by atoms with E-state index < -0.39 is 11.1 Å². The van der Waals surface area contributed by atoms with Crippen molar-refractivity contribution in [2.24, 2.45) is 5.92 Å². The monoisotopic (exact) mass is 419 g/mol. The molecule has 1 aromatic heterocycles. The fourth-order valence-corrected chi connectivity index (χ4v) is 3.95. The second kappa shape index (κ2) is 9.04. The summed E-state index contributed by atoms with van der Waals surface area (Å²) in [6.07, 6.45) is 3.65. The average Bonchev–Trinajstić information content (AvgIpc) is 3.13. The van der Waals surface area contributed by atoms with Crippen LogP contribution in [0.1, 0.15) is 17.5 Å². The third kappa shape index (κ3) is 4.77. The molecule has 31 heavy (non-hydrogen) atoms. The van der Waals surface area contributed by atoms with Gasteiger partial charge in [-0.25, -0.2) is 0 Å². The number of nitrogens with zero attached hydrogens (tertiary/aromatic N) is 3. The molecule has 0 saturated carbocycles. The second-order valence-corrected chi connectivity index (χ2v) is 7.87. The van der Waals surface area contributed by atoms with Gasteiger partial charge in [0.05, 0.1) is 13.7 Å². The van der Waals surface area contributed by atoms with Crippen molar-refractivity contribution >= 4 is 5.91 Å². The third-order valence-electron chi connectivity index (χ3n) is 5.61. The van der Waals surface area contributed by atoms with Crippen LogP contribution in [0, 0.1) is 5.92 Å². The maximum absolute atomic E-state index is 12.6. The molecule has 0 radical (unpaired) electrons. The quantitative estimate of drug-likeness (QED) is 0.550. The molecular formula is C24H25N3O4. The first-order valence-electron chi connectivity index (χ1n) is 10.3. The minimum atomic E-state index is -0.566. The van der Waals surface area contributed by atoms with Crippen molar-refractivity contribution < 1.29 is 9.53 Å². The highest BCUT2D eigenvalue weighted by Gasteiger charge is 2.30. The molecule has 1 fully saturated rings. The van der Waals surface area contributed by atoms with Crippen LogP contribution in [0.3, 0.4) is 0 Å². The van der Waals surface area contributed by atoms with Gasteiger partial charge in [-0.05, 0) is 23.3 Å². The summed E-state index contributed by atoms with van der Waals surface area (Å²) in [6, 6.07) is 17.2. The van der Waals surface area contributed by atoms with Gasteiger partial charge < -0.3 is 18.8 Å². The van der Waals surface area contributed by atoms with E-state index in [1.807, 2.05) is 59.5 Å². The Morgan fingerprint density at radius 1 is 0.839 bits per heavy atom. The molecule has 7 nitrogen and oxygen atoms in total. The summed E-state index contributed by atoms with van der Waals surface area (Å²) < 4.78 is 7.97. The van der Waals surface area contributed by atoms with E-state index in [4.69, 9.17) is 4.74 Å². The molecule has 0 aliphatic carbocycles. The van der Waals surface area contributed by atoms with Gasteiger partial charge in [0.2, 0.25) is 5.91 Å². The van der Waals surface area contributed by atoms with E-state index in [-0.39, 0.29) is 11.8 Å². The van der Waals surface area contributed by atoms with Gasteiger partial charge in [-0.1, -0.05) is 42.5 Å². The first-order valence-corrected chi connectivity index (χ1v) is 10.3.